The maximum absolute atomic E-state index is 5.47. The first-order valence-electron chi connectivity index (χ1n) is 3.73. The summed E-state index contributed by atoms with van der Waals surface area (Å²) < 4.78 is 0. The summed E-state index contributed by atoms with van der Waals surface area (Å²) in [5.41, 5.74) is 5.47. The largest absolute Gasteiger partial charge is 0.387 e. The molecule has 0 fully saturated rings. The summed E-state index contributed by atoms with van der Waals surface area (Å²) in [4.78, 5) is 3.84. The topological polar surface area (TPSA) is 50.4 Å². The Kier molecular flexibility index (Phi) is 6.18. The van der Waals surface area contributed by atoms with E-state index in [1.807, 2.05) is 0 Å². The Morgan fingerprint density at radius 3 is 2.70 bits per heavy atom. The maximum Gasteiger partial charge on any atom is 0.0946 e. The van der Waals surface area contributed by atoms with Crippen LogP contribution in [0, 0.1) is 0 Å². The van der Waals surface area contributed by atoms with E-state index in [2.05, 4.69) is 17.2 Å². The van der Waals surface area contributed by atoms with Gasteiger partial charge in [0.15, 0.2) is 0 Å². The van der Waals surface area contributed by atoms with Gasteiger partial charge in [0.1, 0.15) is 0 Å². The molecule has 60 valence electrons. The van der Waals surface area contributed by atoms with E-state index in [1.54, 1.807) is 7.05 Å². The van der Waals surface area contributed by atoms with Crippen LogP contribution >= 0.6 is 0 Å². The summed E-state index contributed by atoms with van der Waals surface area (Å²) in [5.74, 6) is 0.726. The van der Waals surface area contributed by atoms with Gasteiger partial charge in [-0.25, -0.2) is 0 Å². The number of amidine groups is 1. The standard InChI is InChI=1S/C7H17N3/c1-3-5-10-6-4-7(8)9-2/h10H,3-6H2,1-2H3,(H2,8,9). The lowest BCUT2D eigenvalue weighted by molar-refractivity contribution is 0.684. The van der Waals surface area contributed by atoms with Crippen molar-refractivity contribution in [2.45, 2.75) is 19.8 Å². The van der Waals surface area contributed by atoms with Crippen molar-refractivity contribution in [3.8, 4) is 0 Å². The smallest absolute Gasteiger partial charge is 0.0946 e. The van der Waals surface area contributed by atoms with Crippen molar-refractivity contribution in [3.63, 3.8) is 0 Å². The van der Waals surface area contributed by atoms with Gasteiger partial charge in [0.05, 0.1) is 5.84 Å². The monoisotopic (exact) mass is 143 g/mol. The highest BCUT2D eigenvalue weighted by Gasteiger charge is 1.88. The van der Waals surface area contributed by atoms with Crippen LogP contribution in [0.3, 0.4) is 0 Å². The maximum atomic E-state index is 5.47. The molecule has 0 atom stereocenters. The van der Waals surface area contributed by atoms with Crippen LogP contribution in [0.1, 0.15) is 19.8 Å². The average Bonchev–Trinajstić information content (AvgIpc) is 1.98. The molecule has 0 saturated heterocycles. The van der Waals surface area contributed by atoms with Gasteiger partial charge in [0.2, 0.25) is 0 Å². The summed E-state index contributed by atoms with van der Waals surface area (Å²) >= 11 is 0. The van der Waals surface area contributed by atoms with E-state index in [4.69, 9.17) is 5.73 Å². The fourth-order valence-corrected chi connectivity index (χ4v) is 0.630. The van der Waals surface area contributed by atoms with Gasteiger partial charge in [-0.2, -0.15) is 0 Å². The van der Waals surface area contributed by atoms with Crippen molar-refractivity contribution >= 4 is 5.84 Å². The Morgan fingerprint density at radius 2 is 2.20 bits per heavy atom. The van der Waals surface area contributed by atoms with E-state index < -0.39 is 0 Å². The molecule has 0 aliphatic rings. The number of nitrogens with two attached hydrogens (primary N) is 1. The molecule has 0 aromatic carbocycles. The zero-order valence-corrected chi connectivity index (χ0v) is 6.85. The Balaban J connectivity index is 3.04. The molecular formula is C7H17N3. The van der Waals surface area contributed by atoms with E-state index in [0.717, 1.165) is 25.3 Å². The Hall–Kier alpha value is -0.570. The van der Waals surface area contributed by atoms with E-state index in [1.165, 1.54) is 6.42 Å². The van der Waals surface area contributed by atoms with Gasteiger partial charge >= 0.3 is 0 Å². The average molecular weight is 143 g/mol. The van der Waals surface area contributed by atoms with Gasteiger partial charge in [-0.15, -0.1) is 0 Å². The number of nitrogens with zero attached hydrogens (tertiary/aromatic N) is 1. The van der Waals surface area contributed by atoms with Crippen molar-refractivity contribution in [3.05, 3.63) is 0 Å². The van der Waals surface area contributed by atoms with E-state index in [0.29, 0.717) is 0 Å². The van der Waals surface area contributed by atoms with Crippen molar-refractivity contribution in [1.29, 1.82) is 0 Å². The Labute approximate surface area is 62.7 Å². The molecule has 0 aliphatic heterocycles. The molecule has 0 unspecified atom stereocenters. The quantitative estimate of drug-likeness (QED) is 0.332. The fourth-order valence-electron chi connectivity index (χ4n) is 0.630. The van der Waals surface area contributed by atoms with E-state index in [-0.39, 0.29) is 0 Å². The SMILES string of the molecule is CCCNCCC(N)=NC. The highest BCUT2D eigenvalue weighted by atomic mass is 14.9. The highest BCUT2D eigenvalue weighted by Crippen LogP contribution is 1.77. The molecule has 3 heteroatoms. The molecule has 0 bridgehead atoms. The first-order chi connectivity index (χ1) is 4.81. The first kappa shape index (κ1) is 9.43. The van der Waals surface area contributed by atoms with Crippen molar-refractivity contribution in [2.75, 3.05) is 20.1 Å². The van der Waals surface area contributed by atoms with Gasteiger partial charge in [-0.3, -0.25) is 4.99 Å². The number of rotatable bonds is 5. The van der Waals surface area contributed by atoms with Gasteiger partial charge in [0.25, 0.3) is 0 Å². The lowest BCUT2D eigenvalue weighted by atomic mass is 10.4. The van der Waals surface area contributed by atoms with Crippen LogP contribution < -0.4 is 11.1 Å². The van der Waals surface area contributed by atoms with E-state index >= 15 is 0 Å². The van der Waals surface area contributed by atoms with Crippen LogP contribution in [0.5, 0.6) is 0 Å². The summed E-state index contributed by atoms with van der Waals surface area (Å²) in [5, 5.41) is 3.24. The van der Waals surface area contributed by atoms with Gasteiger partial charge in [-0.1, -0.05) is 6.92 Å². The third-order valence-electron chi connectivity index (χ3n) is 1.27. The predicted octanol–water partition coefficient (Wildman–Crippen LogP) is 0.363. The molecule has 0 aliphatic carbocycles. The molecule has 0 aromatic heterocycles. The Bertz CT molecular complexity index is 99.0. The summed E-state index contributed by atoms with van der Waals surface area (Å²) in [6.45, 7) is 4.15. The zero-order valence-electron chi connectivity index (χ0n) is 6.85. The van der Waals surface area contributed by atoms with Gasteiger partial charge < -0.3 is 11.1 Å². The normalized spacial score (nSPS) is 12.0. The number of nitrogens with one attached hydrogen (secondary N) is 1. The molecule has 3 N–H and O–H groups in total. The predicted molar refractivity (Wildman–Crippen MR) is 45.3 cm³/mol. The van der Waals surface area contributed by atoms with Gasteiger partial charge in [-0.05, 0) is 13.0 Å². The lowest BCUT2D eigenvalue weighted by Crippen LogP contribution is -2.22. The number of hydrogen-bond donors (Lipinski definition) is 2. The molecule has 0 rings (SSSR count). The molecule has 0 amide bonds. The molecule has 0 spiro atoms. The molecule has 0 aromatic rings. The van der Waals surface area contributed by atoms with Crippen molar-refractivity contribution in [2.24, 2.45) is 10.7 Å². The van der Waals surface area contributed by atoms with Crippen LogP contribution in [0.25, 0.3) is 0 Å². The molecule has 0 radical (unpaired) electrons. The molecular weight excluding hydrogens is 126 g/mol. The number of aliphatic imine (C=N–C) groups is 1. The first-order valence-corrected chi connectivity index (χ1v) is 3.73. The van der Waals surface area contributed by atoms with Crippen LogP contribution in [-0.4, -0.2) is 26.0 Å². The van der Waals surface area contributed by atoms with Gasteiger partial charge in [0, 0.05) is 20.0 Å². The minimum absolute atomic E-state index is 0.726. The third-order valence-corrected chi connectivity index (χ3v) is 1.27. The van der Waals surface area contributed by atoms with E-state index in [9.17, 15) is 0 Å². The summed E-state index contributed by atoms with van der Waals surface area (Å²) in [7, 11) is 1.72. The van der Waals surface area contributed by atoms with Crippen LogP contribution in [-0.2, 0) is 0 Å². The molecule has 10 heavy (non-hydrogen) atoms. The minimum Gasteiger partial charge on any atom is -0.387 e. The minimum atomic E-state index is 0.726. The second-order valence-electron chi connectivity index (χ2n) is 2.21. The molecule has 3 nitrogen and oxygen atoms in total. The van der Waals surface area contributed by atoms with Crippen LogP contribution in [0.15, 0.2) is 4.99 Å². The van der Waals surface area contributed by atoms with Crippen molar-refractivity contribution in [1.82, 2.24) is 5.32 Å². The van der Waals surface area contributed by atoms with Crippen LogP contribution in [0.4, 0.5) is 0 Å². The van der Waals surface area contributed by atoms with Crippen molar-refractivity contribution < 1.29 is 0 Å². The third kappa shape index (κ3) is 5.56. The number of hydrogen-bond acceptors (Lipinski definition) is 2. The Morgan fingerprint density at radius 1 is 1.50 bits per heavy atom. The summed E-state index contributed by atoms with van der Waals surface area (Å²) in [6.07, 6.45) is 2.03. The molecule has 0 saturated carbocycles. The molecule has 0 heterocycles. The second-order valence-corrected chi connectivity index (χ2v) is 2.21. The summed E-state index contributed by atoms with van der Waals surface area (Å²) in [6, 6.07) is 0. The lowest BCUT2D eigenvalue weighted by Gasteiger charge is -2.00. The second kappa shape index (κ2) is 6.55. The highest BCUT2D eigenvalue weighted by molar-refractivity contribution is 5.80. The van der Waals surface area contributed by atoms with Crippen LogP contribution in [0.2, 0.25) is 0 Å². The fraction of sp³-hybridized carbons (Fsp3) is 0.857. The zero-order chi connectivity index (χ0) is 7.82.